The van der Waals surface area contributed by atoms with Crippen molar-refractivity contribution in [2.75, 3.05) is 13.6 Å². The van der Waals surface area contributed by atoms with Crippen LogP contribution in [-0.4, -0.2) is 31.3 Å². The lowest BCUT2D eigenvalue weighted by molar-refractivity contribution is -0.138. The van der Waals surface area contributed by atoms with E-state index >= 15 is 0 Å². The monoisotopic (exact) mass is 522 g/mol. The quantitative estimate of drug-likeness (QED) is 0.472. The Morgan fingerprint density at radius 1 is 1.40 bits per heavy atom. The summed E-state index contributed by atoms with van der Waals surface area (Å²) in [4.78, 5) is 17.1. The van der Waals surface area contributed by atoms with E-state index in [-0.39, 0.29) is 23.4 Å². The number of thiophene rings is 1. The number of nitrogens with two attached hydrogens (primary N) is 2. The molecule has 11 heteroatoms. The molecular formula is C19H19BrClF3N4OS. The third kappa shape index (κ3) is 5.84. The highest BCUT2D eigenvalue weighted by Crippen LogP contribution is 2.33. The standard InChI is InChI=1S/C19H19BrClF3N4OS/c1-27-16(14(20)9-26)12-7-15(30-17(12)21)18(29)28-11(8-25)6-10-4-2-3-5-13(10)19(22,23)24/h2-5,7,9,11H,6,8,25-26H2,1H3,(H,28,29)/t11-/m0/s1. The maximum atomic E-state index is 13.2. The average molecular weight is 524 g/mol. The molecule has 0 aliphatic rings. The average Bonchev–Trinajstić information content (AvgIpc) is 3.09. The van der Waals surface area contributed by atoms with Crippen LogP contribution < -0.4 is 16.8 Å². The number of nitrogens with one attached hydrogen (secondary N) is 1. The molecule has 0 saturated carbocycles. The van der Waals surface area contributed by atoms with E-state index in [1.165, 1.54) is 24.4 Å². The van der Waals surface area contributed by atoms with Gasteiger partial charge in [-0.2, -0.15) is 13.2 Å². The van der Waals surface area contributed by atoms with Gasteiger partial charge in [-0.1, -0.05) is 29.8 Å². The number of aliphatic imine (C=N–C) groups is 1. The van der Waals surface area contributed by atoms with Crippen molar-refractivity contribution in [2.24, 2.45) is 16.5 Å². The molecule has 0 aliphatic heterocycles. The number of rotatable bonds is 7. The fourth-order valence-corrected chi connectivity index (χ4v) is 4.34. The third-order valence-corrected chi connectivity index (χ3v) is 6.17. The molecule has 0 unspecified atom stereocenters. The number of nitrogens with zero attached hydrogens (tertiary/aromatic N) is 1. The molecule has 1 aromatic carbocycles. The fourth-order valence-electron chi connectivity index (χ4n) is 2.77. The first-order valence-corrected chi connectivity index (χ1v) is 10.6. The van der Waals surface area contributed by atoms with Crippen LogP contribution >= 0.6 is 38.9 Å². The van der Waals surface area contributed by atoms with Gasteiger partial charge in [-0.25, -0.2) is 0 Å². The SMILES string of the molecule is CN=C(C(Br)=CN)c1cc(C(=O)N[C@H](CN)Cc2ccccc2C(F)(F)F)sc1Cl. The van der Waals surface area contributed by atoms with E-state index in [4.69, 9.17) is 23.1 Å². The second kappa shape index (κ2) is 10.4. The Morgan fingerprint density at radius 2 is 2.07 bits per heavy atom. The van der Waals surface area contributed by atoms with Crippen LogP contribution in [0.15, 0.2) is 46.0 Å². The van der Waals surface area contributed by atoms with Gasteiger partial charge in [0, 0.05) is 31.4 Å². The van der Waals surface area contributed by atoms with Crippen molar-refractivity contribution >= 4 is 50.5 Å². The van der Waals surface area contributed by atoms with Crippen LogP contribution in [0.4, 0.5) is 13.2 Å². The Kier molecular flexibility index (Phi) is 8.48. The number of hydrogen-bond donors (Lipinski definition) is 3. The molecule has 0 fully saturated rings. The molecular weight excluding hydrogens is 505 g/mol. The van der Waals surface area contributed by atoms with Crippen molar-refractivity contribution < 1.29 is 18.0 Å². The Bertz CT molecular complexity index is 975. The Hall–Kier alpha value is -1.88. The minimum Gasteiger partial charge on any atom is -0.404 e. The molecule has 1 atom stereocenters. The number of carbonyl (C=O) groups is 1. The smallest absolute Gasteiger partial charge is 0.404 e. The van der Waals surface area contributed by atoms with E-state index in [0.717, 1.165) is 17.4 Å². The van der Waals surface area contributed by atoms with Gasteiger partial charge in [0.15, 0.2) is 0 Å². The third-order valence-electron chi connectivity index (χ3n) is 4.17. The second-order valence-electron chi connectivity index (χ2n) is 6.15. The molecule has 0 radical (unpaired) electrons. The lowest BCUT2D eigenvalue weighted by Crippen LogP contribution is -2.41. The molecule has 1 amide bonds. The van der Waals surface area contributed by atoms with Gasteiger partial charge in [0.25, 0.3) is 5.91 Å². The van der Waals surface area contributed by atoms with Gasteiger partial charge in [-0.3, -0.25) is 9.79 Å². The Morgan fingerprint density at radius 3 is 2.63 bits per heavy atom. The highest BCUT2D eigenvalue weighted by atomic mass is 79.9. The van der Waals surface area contributed by atoms with Gasteiger partial charge in [-0.05, 0) is 40.0 Å². The first-order chi connectivity index (χ1) is 14.1. The van der Waals surface area contributed by atoms with E-state index in [2.05, 4.69) is 26.2 Å². The van der Waals surface area contributed by atoms with Crippen LogP contribution in [0.1, 0.15) is 26.4 Å². The van der Waals surface area contributed by atoms with Crippen molar-refractivity contribution in [2.45, 2.75) is 18.6 Å². The molecule has 30 heavy (non-hydrogen) atoms. The summed E-state index contributed by atoms with van der Waals surface area (Å²) in [6, 6.07) is 6.06. The van der Waals surface area contributed by atoms with Crippen LogP contribution in [0, 0.1) is 0 Å². The lowest BCUT2D eigenvalue weighted by Gasteiger charge is -2.19. The van der Waals surface area contributed by atoms with Crippen molar-refractivity contribution in [3.05, 3.63) is 66.9 Å². The second-order valence-corrected chi connectivity index (χ2v) is 8.66. The number of allylic oxidation sites excluding steroid dienone is 1. The van der Waals surface area contributed by atoms with Crippen LogP contribution in [0.25, 0.3) is 0 Å². The maximum absolute atomic E-state index is 13.2. The molecule has 5 nitrogen and oxygen atoms in total. The van der Waals surface area contributed by atoms with Crippen molar-refractivity contribution in [3.63, 3.8) is 0 Å². The number of hydrogen-bond acceptors (Lipinski definition) is 5. The summed E-state index contributed by atoms with van der Waals surface area (Å²) < 4.78 is 40.5. The number of carbonyl (C=O) groups excluding carboxylic acids is 1. The number of halogens is 5. The lowest BCUT2D eigenvalue weighted by atomic mass is 9.99. The summed E-state index contributed by atoms with van der Waals surface area (Å²) in [6.07, 6.45) is -3.25. The molecule has 2 rings (SSSR count). The summed E-state index contributed by atoms with van der Waals surface area (Å²) in [5.74, 6) is -0.489. The van der Waals surface area contributed by atoms with Crippen LogP contribution in [-0.2, 0) is 12.6 Å². The van der Waals surface area contributed by atoms with Gasteiger partial charge < -0.3 is 16.8 Å². The van der Waals surface area contributed by atoms with Crippen molar-refractivity contribution in [1.82, 2.24) is 5.32 Å². The molecule has 0 spiro atoms. The summed E-state index contributed by atoms with van der Waals surface area (Å²) >= 11 is 10.6. The van der Waals surface area contributed by atoms with Crippen molar-refractivity contribution in [3.8, 4) is 0 Å². The van der Waals surface area contributed by atoms with Gasteiger partial charge in [0.2, 0.25) is 0 Å². The Labute approximate surface area is 189 Å². The summed E-state index contributed by atoms with van der Waals surface area (Å²) in [6.45, 7) is -0.0347. The summed E-state index contributed by atoms with van der Waals surface area (Å²) in [7, 11) is 1.55. The van der Waals surface area contributed by atoms with Gasteiger partial charge in [0.1, 0.15) is 4.34 Å². The van der Waals surface area contributed by atoms with Crippen LogP contribution in [0.5, 0.6) is 0 Å². The number of alkyl halides is 3. The van der Waals surface area contributed by atoms with E-state index in [0.29, 0.717) is 20.1 Å². The van der Waals surface area contributed by atoms with E-state index in [9.17, 15) is 18.0 Å². The first kappa shape index (κ1) is 24.4. The van der Waals surface area contributed by atoms with Gasteiger partial charge >= 0.3 is 6.18 Å². The molecule has 1 aromatic heterocycles. The van der Waals surface area contributed by atoms with E-state index in [1.807, 2.05) is 0 Å². The molecule has 2 aromatic rings. The fraction of sp³-hybridized carbons (Fsp3) is 0.263. The predicted octanol–water partition coefficient (Wildman–Crippen LogP) is 4.33. The van der Waals surface area contributed by atoms with Gasteiger partial charge in [0.05, 0.1) is 20.6 Å². The topological polar surface area (TPSA) is 93.5 Å². The van der Waals surface area contributed by atoms with Crippen molar-refractivity contribution in [1.29, 1.82) is 0 Å². The number of amides is 1. The zero-order valence-corrected chi connectivity index (χ0v) is 18.9. The molecule has 0 bridgehead atoms. The molecule has 162 valence electrons. The van der Waals surface area contributed by atoms with Crippen LogP contribution in [0.3, 0.4) is 0 Å². The highest BCUT2D eigenvalue weighted by Gasteiger charge is 2.33. The molecule has 1 heterocycles. The van der Waals surface area contributed by atoms with Gasteiger partial charge in [-0.15, -0.1) is 11.3 Å². The minimum atomic E-state index is -4.49. The Balaban J connectivity index is 2.22. The zero-order valence-electron chi connectivity index (χ0n) is 15.8. The highest BCUT2D eigenvalue weighted by molar-refractivity contribution is 9.12. The normalized spacial score (nSPS) is 14.0. The van der Waals surface area contributed by atoms with Crippen LogP contribution in [0.2, 0.25) is 4.34 Å². The van der Waals surface area contributed by atoms with E-state index < -0.39 is 23.7 Å². The summed E-state index contributed by atoms with van der Waals surface area (Å²) in [5.41, 5.74) is 11.5. The summed E-state index contributed by atoms with van der Waals surface area (Å²) in [5, 5.41) is 2.68. The maximum Gasteiger partial charge on any atom is 0.416 e. The molecule has 0 aliphatic carbocycles. The number of benzene rings is 1. The minimum absolute atomic E-state index is 0.0347. The largest absolute Gasteiger partial charge is 0.416 e. The molecule has 5 N–H and O–H groups in total. The first-order valence-electron chi connectivity index (χ1n) is 8.62. The van der Waals surface area contributed by atoms with E-state index in [1.54, 1.807) is 13.1 Å². The molecule has 0 saturated heterocycles. The predicted molar refractivity (Wildman–Crippen MR) is 118 cm³/mol. The zero-order chi connectivity index (χ0) is 22.5.